The van der Waals surface area contributed by atoms with Crippen molar-refractivity contribution < 1.29 is 4.74 Å². The minimum Gasteiger partial charge on any atom is -0.491 e. The normalized spacial score (nSPS) is 21.9. The summed E-state index contributed by atoms with van der Waals surface area (Å²) in [4.78, 5) is 0. The van der Waals surface area contributed by atoms with Gasteiger partial charge in [-0.3, -0.25) is 0 Å². The van der Waals surface area contributed by atoms with Gasteiger partial charge in [0.15, 0.2) is 0 Å². The van der Waals surface area contributed by atoms with Crippen molar-refractivity contribution in [3.8, 4) is 5.75 Å². The molecule has 1 aliphatic carbocycles. The summed E-state index contributed by atoms with van der Waals surface area (Å²) in [6.45, 7) is 1.82. The first-order valence-corrected chi connectivity index (χ1v) is 5.82. The van der Waals surface area contributed by atoms with Gasteiger partial charge in [0.05, 0.1) is 17.3 Å². The molecule has 1 aliphatic heterocycles. The minimum atomic E-state index is 0.363. The number of hydrogen-bond acceptors (Lipinski definition) is 2. The van der Waals surface area contributed by atoms with E-state index in [9.17, 15) is 0 Å². The van der Waals surface area contributed by atoms with Gasteiger partial charge >= 0.3 is 0 Å². The van der Waals surface area contributed by atoms with Crippen LogP contribution in [-0.4, -0.2) is 13.2 Å². The van der Waals surface area contributed by atoms with Gasteiger partial charge in [-0.2, -0.15) is 0 Å². The Morgan fingerprint density at radius 1 is 1.33 bits per heavy atom. The van der Waals surface area contributed by atoms with Crippen molar-refractivity contribution in [2.45, 2.75) is 19.3 Å². The molecule has 0 amide bonds. The fraction of sp³-hybridized carbons (Fsp3) is 0.500. The summed E-state index contributed by atoms with van der Waals surface area (Å²) >= 11 is 6.13. The quantitative estimate of drug-likeness (QED) is 0.729. The molecule has 0 atom stereocenters. The first-order valence-electron chi connectivity index (χ1n) is 5.44. The van der Waals surface area contributed by atoms with E-state index in [2.05, 4.69) is 5.32 Å². The Morgan fingerprint density at radius 2 is 2.20 bits per heavy atom. The highest BCUT2D eigenvalue weighted by atomic mass is 35.5. The van der Waals surface area contributed by atoms with Crippen LogP contribution >= 0.6 is 11.6 Å². The van der Waals surface area contributed by atoms with E-state index in [0.29, 0.717) is 5.41 Å². The van der Waals surface area contributed by atoms with Gasteiger partial charge in [-0.05, 0) is 25.0 Å². The smallest absolute Gasteiger partial charge is 0.143 e. The average Bonchev–Trinajstić information content (AvgIpc) is 2.37. The molecule has 3 rings (SSSR count). The van der Waals surface area contributed by atoms with Crippen molar-refractivity contribution >= 4 is 17.3 Å². The van der Waals surface area contributed by atoms with Crippen molar-refractivity contribution in [3.63, 3.8) is 0 Å². The van der Waals surface area contributed by atoms with Gasteiger partial charge in [0.25, 0.3) is 0 Å². The number of benzene rings is 1. The zero-order valence-electron chi connectivity index (χ0n) is 8.55. The standard InChI is InChI=1S/C12H14ClNO/c13-9-3-1-4-10-11(9)14-7-12(8-15-10)5-2-6-12/h1,3-4,14H,2,5-8H2. The van der Waals surface area contributed by atoms with Crippen molar-refractivity contribution in [1.29, 1.82) is 0 Å². The molecule has 1 saturated carbocycles. The molecule has 0 bridgehead atoms. The van der Waals surface area contributed by atoms with Crippen LogP contribution in [0.1, 0.15) is 19.3 Å². The molecule has 1 N–H and O–H groups in total. The molecule has 2 nitrogen and oxygen atoms in total. The summed E-state index contributed by atoms with van der Waals surface area (Å²) in [7, 11) is 0. The van der Waals surface area contributed by atoms with E-state index in [-0.39, 0.29) is 0 Å². The third kappa shape index (κ3) is 1.48. The fourth-order valence-electron chi connectivity index (χ4n) is 2.35. The molecule has 3 heteroatoms. The van der Waals surface area contributed by atoms with E-state index in [1.165, 1.54) is 19.3 Å². The number of fused-ring (bicyclic) bond motifs is 1. The molecule has 0 aromatic heterocycles. The maximum Gasteiger partial charge on any atom is 0.143 e. The zero-order valence-corrected chi connectivity index (χ0v) is 9.31. The van der Waals surface area contributed by atoms with Crippen LogP contribution in [0.25, 0.3) is 0 Å². The van der Waals surface area contributed by atoms with Crippen LogP contribution < -0.4 is 10.1 Å². The molecule has 1 fully saturated rings. The Labute approximate surface area is 94.6 Å². The van der Waals surface area contributed by atoms with Crippen molar-refractivity contribution in [1.82, 2.24) is 0 Å². The highest BCUT2D eigenvalue weighted by Gasteiger charge is 2.39. The van der Waals surface area contributed by atoms with Crippen molar-refractivity contribution in [2.24, 2.45) is 5.41 Å². The summed E-state index contributed by atoms with van der Waals surface area (Å²) < 4.78 is 5.84. The Hall–Kier alpha value is -0.890. The number of hydrogen-bond donors (Lipinski definition) is 1. The van der Waals surface area contributed by atoms with Crippen LogP contribution in [0.3, 0.4) is 0 Å². The molecule has 0 radical (unpaired) electrons. The van der Waals surface area contributed by atoms with E-state index in [4.69, 9.17) is 16.3 Å². The van der Waals surface area contributed by atoms with Gasteiger partial charge in [0.2, 0.25) is 0 Å². The molecular formula is C12H14ClNO. The number of anilines is 1. The molecule has 15 heavy (non-hydrogen) atoms. The van der Waals surface area contributed by atoms with E-state index in [1.54, 1.807) is 0 Å². The topological polar surface area (TPSA) is 21.3 Å². The number of para-hydroxylation sites is 1. The lowest BCUT2D eigenvalue weighted by Crippen LogP contribution is -2.40. The molecule has 1 heterocycles. The Balaban J connectivity index is 1.91. The number of rotatable bonds is 0. The molecular weight excluding hydrogens is 210 g/mol. The molecule has 0 unspecified atom stereocenters. The number of halogens is 1. The molecule has 1 aromatic rings. The number of nitrogens with one attached hydrogen (secondary N) is 1. The van der Waals surface area contributed by atoms with Gasteiger partial charge in [-0.15, -0.1) is 0 Å². The zero-order chi connectivity index (χ0) is 10.3. The van der Waals surface area contributed by atoms with Gasteiger partial charge in [0.1, 0.15) is 5.75 Å². The summed E-state index contributed by atoms with van der Waals surface area (Å²) in [5, 5.41) is 4.18. The van der Waals surface area contributed by atoms with Crippen LogP contribution in [-0.2, 0) is 0 Å². The third-order valence-electron chi connectivity index (χ3n) is 3.56. The highest BCUT2D eigenvalue weighted by Crippen LogP contribution is 2.45. The van der Waals surface area contributed by atoms with E-state index in [1.807, 2.05) is 18.2 Å². The maximum atomic E-state index is 6.13. The molecule has 80 valence electrons. The van der Waals surface area contributed by atoms with Crippen LogP contribution in [0.5, 0.6) is 5.75 Å². The molecule has 2 aliphatic rings. The van der Waals surface area contributed by atoms with Crippen LogP contribution in [0.2, 0.25) is 5.02 Å². The van der Waals surface area contributed by atoms with E-state index >= 15 is 0 Å². The first kappa shape index (κ1) is 9.34. The monoisotopic (exact) mass is 223 g/mol. The highest BCUT2D eigenvalue weighted by molar-refractivity contribution is 6.33. The van der Waals surface area contributed by atoms with E-state index < -0.39 is 0 Å². The second-order valence-electron chi connectivity index (χ2n) is 4.61. The maximum absolute atomic E-state index is 6.13. The summed E-state index contributed by atoms with van der Waals surface area (Å²) in [5.74, 6) is 0.895. The lowest BCUT2D eigenvalue weighted by Gasteiger charge is -2.40. The fourth-order valence-corrected chi connectivity index (χ4v) is 2.58. The van der Waals surface area contributed by atoms with Gasteiger partial charge in [-0.25, -0.2) is 0 Å². The van der Waals surface area contributed by atoms with E-state index in [0.717, 1.165) is 29.6 Å². The lowest BCUT2D eigenvalue weighted by molar-refractivity contribution is 0.0766. The molecule has 0 saturated heterocycles. The second kappa shape index (κ2) is 3.31. The van der Waals surface area contributed by atoms with Crippen molar-refractivity contribution in [2.75, 3.05) is 18.5 Å². The largest absolute Gasteiger partial charge is 0.491 e. The summed E-state index contributed by atoms with van der Waals surface area (Å²) in [5.41, 5.74) is 1.32. The average molecular weight is 224 g/mol. The van der Waals surface area contributed by atoms with Crippen molar-refractivity contribution in [3.05, 3.63) is 23.2 Å². The Kier molecular flexibility index (Phi) is 2.06. The van der Waals surface area contributed by atoms with Crippen LogP contribution in [0.4, 0.5) is 5.69 Å². The summed E-state index contributed by atoms with van der Waals surface area (Å²) in [6, 6.07) is 5.81. The summed E-state index contributed by atoms with van der Waals surface area (Å²) in [6.07, 6.45) is 3.87. The predicted octanol–water partition coefficient (Wildman–Crippen LogP) is 3.31. The Bertz CT molecular complexity index is 387. The Morgan fingerprint density at radius 3 is 2.93 bits per heavy atom. The van der Waals surface area contributed by atoms with Gasteiger partial charge < -0.3 is 10.1 Å². The predicted molar refractivity (Wildman–Crippen MR) is 61.7 cm³/mol. The van der Waals surface area contributed by atoms with Crippen LogP contribution in [0.15, 0.2) is 18.2 Å². The van der Waals surface area contributed by atoms with Gasteiger partial charge in [-0.1, -0.05) is 24.1 Å². The number of ether oxygens (including phenoxy) is 1. The molecule has 1 aromatic carbocycles. The lowest BCUT2D eigenvalue weighted by atomic mass is 9.69. The SMILES string of the molecule is Clc1cccc2c1NCC1(CCC1)CO2. The van der Waals surface area contributed by atoms with Crippen LogP contribution in [0, 0.1) is 5.41 Å². The minimum absolute atomic E-state index is 0.363. The third-order valence-corrected chi connectivity index (χ3v) is 3.88. The molecule has 1 spiro atoms. The van der Waals surface area contributed by atoms with Gasteiger partial charge in [0, 0.05) is 12.0 Å². The second-order valence-corrected chi connectivity index (χ2v) is 5.02. The first-order chi connectivity index (χ1) is 7.29.